The Kier molecular flexibility index (Phi) is 3.04. The molecule has 0 spiro atoms. The van der Waals surface area contributed by atoms with Gasteiger partial charge >= 0.3 is 0 Å². The van der Waals surface area contributed by atoms with Crippen LogP contribution in [0.2, 0.25) is 0 Å². The minimum Gasteiger partial charge on any atom is -0.481 e. The minimum absolute atomic E-state index is 0.492. The third-order valence-electron chi connectivity index (χ3n) is 2.93. The highest BCUT2D eigenvalue weighted by molar-refractivity contribution is 5.75. The van der Waals surface area contributed by atoms with Crippen molar-refractivity contribution in [3.8, 4) is 22.8 Å². The number of nitrogens with two attached hydrogens (primary N) is 1. The van der Waals surface area contributed by atoms with Crippen LogP contribution >= 0.6 is 0 Å². The molecule has 0 fully saturated rings. The Morgan fingerprint density at radius 3 is 2.85 bits per heavy atom. The van der Waals surface area contributed by atoms with E-state index in [4.69, 9.17) is 10.5 Å². The van der Waals surface area contributed by atoms with Crippen molar-refractivity contribution in [3.63, 3.8) is 0 Å². The number of para-hydroxylation sites is 1. The second-order valence-electron chi connectivity index (χ2n) is 4.18. The number of aromatic nitrogens is 4. The number of hydrogen-bond acceptors (Lipinski definition) is 5. The zero-order valence-corrected chi connectivity index (χ0v) is 10.9. The second kappa shape index (κ2) is 5.00. The van der Waals surface area contributed by atoms with Crippen molar-refractivity contribution in [1.29, 1.82) is 0 Å². The first-order valence-corrected chi connectivity index (χ1v) is 6.04. The lowest BCUT2D eigenvalue weighted by Gasteiger charge is -2.03. The predicted octanol–water partition coefficient (Wildman–Crippen LogP) is 1.92. The quantitative estimate of drug-likeness (QED) is 0.733. The molecule has 0 aliphatic heterocycles. The molecule has 0 saturated heterocycles. The van der Waals surface area contributed by atoms with Crippen LogP contribution in [0.15, 0.2) is 49.1 Å². The van der Waals surface area contributed by atoms with Crippen molar-refractivity contribution in [1.82, 2.24) is 19.7 Å². The van der Waals surface area contributed by atoms with Gasteiger partial charge in [0.2, 0.25) is 5.88 Å². The highest BCUT2D eigenvalue weighted by Gasteiger charge is 2.07. The lowest BCUT2D eigenvalue weighted by Crippen LogP contribution is -1.99. The second-order valence-corrected chi connectivity index (χ2v) is 4.18. The van der Waals surface area contributed by atoms with E-state index in [9.17, 15) is 0 Å². The summed E-state index contributed by atoms with van der Waals surface area (Å²) in [4.78, 5) is 8.13. The third kappa shape index (κ3) is 2.18. The Hall–Kier alpha value is -2.89. The van der Waals surface area contributed by atoms with Crippen LogP contribution in [0.1, 0.15) is 0 Å². The van der Waals surface area contributed by atoms with Crippen LogP contribution in [-0.4, -0.2) is 26.9 Å². The van der Waals surface area contributed by atoms with Gasteiger partial charge in [-0.25, -0.2) is 14.6 Å². The summed E-state index contributed by atoms with van der Waals surface area (Å²) < 4.78 is 6.73. The van der Waals surface area contributed by atoms with Gasteiger partial charge in [0.05, 0.1) is 13.3 Å². The van der Waals surface area contributed by atoms with Gasteiger partial charge in [0.15, 0.2) is 5.82 Å². The van der Waals surface area contributed by atoms with Crippen molar-refractivity contribution >= 4 is 5.69 Å². The lowest BCUT2D eigenvalue weighted by molar-refractivity contribution is 0.396. The largest absolute Gasteiger partial charge is 0.481 e. The Bertz CT molecular complexity index is 738. The zero-order valence-electron chi connectivity index (χ0n) is 10.9. The average molecular weight is 267 g/mol. The minimum atomic E-state index is 0.492. The Morgan fingerprint density at radius 1 is 1.20 bits per heavy atom. The average Bonchev–Trinajstić information content (AvgIpc) is 2.97. The van der Waals surface area contributed by atoms with E-state index in [0.29, 0.717) is 17.4 Å². The van der Waals surface area contributed by atoms with Gasteiger partial charge in [-0.15, -0.1) is 0 Å². The van der Waals surface area contributed by atoms with Gasteiger partial charge in [-0.2, -0.15) is 5.10 Å². The van der Waals surface area contributed by atoms with E-state index in [-0.39, 0.29) is 0 Å². The molecule has 6 heteroatoms. The van der Waals surface area contributed by atoms with Crippen LogP contribution in [0.4, 0.5) is 5.69 Å². The Morgan fingerprint density at radius 2 is 2.05 bits per heavy atom. The number of methoxy groups -OCH3 is 1. The number of hydrogen-bond donors (Lipinski definition) is 1. The summed E-state index contributed by atoms with van der Waals surface area (Å²) in [5.74, 6) is 1.13. The monoisotopic (exact) mass is 267 g/mol. The fourth-order valence-corrected chi connectivity index (χ4v) is 1.91. The normalized spacial score (nSPS) is 10.4. The molecule has 3 aromatic rings. The van der Waals surface area contributed by atoms with Crippen LogP contribution < -0.4 is 10.5 Å². The van der Waals surface area contributed by atoms with Gasteiger partial charge in [0.25, 0.3) is 0 Å². The van der Waals surface area contributed by atoms with E-state index in [1.807, 2.05) is 30.5 Å². The van der Waals surface area contributed by atoms with Crippen LogP contribution in [-0.2, 0) is 0 Å². The molecule has 0 aliphatic rings. The molecule has 100 valence electrons. The van der Waals surface area contributed by atoms with Crippen LogP contribution in [0.3, 0.4) is 0 Å². The molecule has 0 aliphatic carbocycles. The first-order valence-electron chi connectivity index (χ1n) is 6.04. The molecule has 2 heterocycles. The maximum Gasteiger partial charge on any atom is 0.218 e. The van der Waals surface area contributed by atoms with Gasteiger partial charge in [0.1, 0.15) is 6.33 Å². The fraction of sp³-hybridized carbons (Fsp3) is 0.0714. The van der Waals surface area contributed by atoms with Crippen molar-refractivity contribution < 1.29 is 4.74 Å². The van der Waals surface area contributed by atoms with E-state index >= 15 is 0 Å². The Balaban J connectivity index is 2.00. The van der Waals surface area contributed by atoms with Crippen LogP contribution in [0.5, 0.6) is 5.88 Å². The molecule has 0 atom stereocenters. The maximum absolute atomic E-state index is 5.96. The molecule has 6 nitrogen and oxygen atoms in total. The molecule has 0 amide bonds. The predicted molar refractivity (Wildman–Crippen MR) is 75.6 cm³/mol. The number of anilines is 1. The van der Waals surface area contributed by atoms with Crippen molar-refractivity contribution in [2.45, 2.75) is 0 Å². The third-order valence-corrected chi connectivity index (χ3v) is 2.93. The van der Waals surface area contributed by atoms with Gasteiger partial charge in [0, 0.05) is 29.1 Å². The summed E-state index contributed by atoms with van der Waals surface area (Å²) in [6, 6.07) is 9.37. The van der Waals surface area contributed by atoms with E-state index in [2.05, 4.69) is 15.1 Å². The summed E-state index contributed by atoms with van der Waals surface area (Å²) in [7, 11) is 1.56. The van der Waals surface area contributed by atoms with E-state index < -0.39 is 0 Å². The van der Waals surface area contributed by atoms with E-state index in [1.54, 1.807) is 24.1 Å². The number of nitrogen functional groups attached to an aromatic ring is 1. The van der Waals surface area contributed by atoms with E-state index in [0.717, 1.165) is 11.1 Å². The summed E-state index contributed by atoms with van der Waals surface area (Å²) in [6.45, 7) is 0. The smallest absolute Gasteiger partial charge is 0.218 e. The standard InChI is InChI=1S/C14H13N5O/c1-20-14-6-13(16-9-17-14)19-8-10(7-18-19)11-4-2-3-5-12(11)15/h2-9H,15H2,1H3. The first kappa shape index (κ1) is 12.2. The molecule has 0 radical (unpaired) electrons. The molecule has 2 N–H and O–H groups in total. The highest BCUT2D eigenvalue weighted by Crippen LogP contribution is 2.25. The maximum atomic E-state index is 5.96. The van der Waals surface area contributed by atoms with Gasteiger partial charge in [-0.1, -0.05) is 18.2 Å². The topological polar surface area (TPSA) is 78.9 Å². The summed E-state index contributed by atoms with van der Waals surface area (Å²) in [6.07, 6.45) is 5.06. The van der Waals surface area contributed by atoms with Gasteiger partial charge in [-0.05, 0) is 6.07 Å². The van der Waals surface area contributed by atoms with Gasteiger partial charge in [-0.3, -0.25) is 0 Å². The van der Waals surface area contributed by atoms with Crippen LogP contribution in [0.25, 0.3) is 16.9 Å². The zero-order chi connectivity index (χ0) is 13.9. The first-order chi connectivity index (χ1) is 9.78. The molecule has 20 heavy (non-hydrogen) atoms. The number of benzene rings is 1. The molecule has 0 bridgehead atoms. The SMILES string of the molecule is COc1cc(-n2cc(-c3ccccc3N)cn2)ncn1. The number of nitrogens with zero attached hydrogens (tertiary/aromatic N) is 4. The van der Waals surface area contributed by atoms with Crippen LogP contribution in [0, 0.1) is 0 Å². The summed E-state index contributed by atoms with van der Waals surface area (Å²) >= 11 is 0. The van der Waals surface area contributed by atoms with Crippen molar-refractivity contribution in [2.75, 3.05) is 12.8 Å². The highest BCUT2D eigenvalue weighted by atomic mass is 16.5. The fourth-order valence-electron chi connectivity index (χ4n) is 1.91. The molecule has 3 rings (SSSR count). The molecule has 0 unspecified atom stereocenters. The number of rotatable bonds is 3. The molecular weight excluding hydrogens is 254 g/mol. The molecule has 1 aromatic carbocycles. The van der Waals surface area contributed by atoms with Crippen molar-refractivity contribution in [2.24, 2.45) is 0 Å². The number of ether oxygens (including phenoxy) is 1. The molecule has 0 saturated carbocycles. The molecule has 2 aromatic heterocycles. The van der Waals surface area contributed by atoms with Gasteiger partial charge < -0.3 is 10.5 Å². The summed E-state index contributed by atoms with van der Waals surface area (Å²) in [5, 5.41) is 4.29. The Labute approximate surface area is 115 Å². The molecular formula is C14H13N5O. The van der Waals surface area contributed by atoms with Crippen molar-refractivity contribution in [3.05, 3.63) is 49.1 Å². The summed E-state index contributed by atoms with van der Waals surface area (Å²) in [5.41, 5.74) is 8.55. The van der Waals surface area contributed by atoms with E-state index in [1.165, 1.54) is 6.33 Å². The lowest BCUT2D eigenvalue weighted by atomic mass is 10.1.